The minimum absolute atomic E-state index is 0.450. The second-order valence-corrected chi connectivity index (χ2v) is 4.32. The molecule has 1 atom stereocenters. The molecule has 1 aromatic rings. The second-order valence-electron chi connectivity index (χ2n) is 4.32. The number of hydrogen-bond acceptors (Lipinski definition) is 3. The van der Waals surface area contributed by atoms with Gasteiger partial charge in [-0.05, 0) is 39.3 Å². The van der Waals surface area contributed by atoms with E-state index < -0.39 is 5.54 Å². The quantitative estimate of drug-likeness (QED) is 0.796. The Labute approximate surface area is 97.3 Å². The summed E-state index contributed by atoms with van der Waals surface area (Å²) in [4.78, 5) is 0. The van der Waals surface area contributed by atoms with Crippen LogP contribution in [-0.2, 0) is 6.54 Å². The molecule has 1 aromatic heterocycles. The van der Waals surface area contributed by atoms with E-state index in [0.717, 1.165) is 31.6 Å². The van der Waals surface area contributed by atoms with Gasteiger partial charge < -0.3 is 0 Å². The van der Waals surface area contributed by atoms with E-state index in [1.807, 2.05) is 24.6 Å². The van der Waals surface area contributed by atoms with Crippen LogP contribution in [-0.4, -0.2) is 21.9 Å². The van der Waals surface area contributed by atoms with Crippen LogP contribution in [0.25, 0.3) is 0 Å². The van der Waals surface area contributed by atoms with Gasteiger partial charge in [-0.2, -0.15) is 10.4 Å². The smallest absolute Gasteiger partial charge is 0.105 e. The van der Waals surface area contributed by atoms with Gasteiger partial charge in [-0.1, -0.05) is 6.92 Å². The molecule has 1 heterocycles. The van der Waals surface area contributed by atoms with E-state index in [-0.39, 0.29) is 0 Å². The molecule has 0 aliphatic heterocycles. The molecule has 4 heteroatoms. The number of nitrogens with zero attached hydrogens (tertiary/aromatic N) is 3. The molecule has 0 aliphatic rings. The van der Waals surface area contributed by atoms with Crippen LogP contribution in [0.2, 0.25) is 0 Å². The number of aromatic nitrogens is 2. The van der Waals surface area contributed by atoms with E-state index in [1.54, 1.807) is 6.20 Å². The average Bonchev–Trinajstić information content (AvgIpc) is 2.70. The van der Waals surface area contributed by atoms with E-state index in [4.69, 9.17) is 5.26 Å². The largest absolute Gasteiger partial charge is 0.300 e. The molecule has 0 saturated heterocycles. The van der Waals surface area contributed by atoms with Gasteiger partial charge in [0.1, 0.15) is 5.54 Å². The van der Waals surface area contributed by atoms with Gasteiger partial charge in [0.25, 0.3) is 0 Å². The van der Waals surface area contributed by atoms with Crippen molar-refractivity contribution in [3.8, 4) is 6.07 Å². The number of hydrogen-bond donors (Lipinski definition) is 1. The molecule has 0 fully saturated rings. The van der Waals surface area contributed by atoms with Gasteiger partial charge in [-0.25, -0.2) is 0 Å². The molecule has 0 amide bonds. The Morgan fingerprint density at radius 1 is 1.62 bits per heavy atom. The van der Waals surface area contributed by atoms with Crippen molar-refractivity contribution < 1.29 is 0 Å². The van der Waals surface area contributed by atoms with Crippen LogP contribution in [0.5, 0.6) is 0 Å². The topological polar surface area (TPSA) is 53.6 Å². The van der Waals surface area contributed by atoms with Crippen molar-refractivity contribution >= 4 is 0 Å². The Morgan fingerprint density at radius 3 is 2.88 bits per heavy atom. The fraction of sp³-hybridized carbons (Fsp3) is 0.667. The van der Waals surface area contributed by atoms with Crippen molar-refractivity contribution in [2.24, 2.45) is 0 Å². The molecule has 16 heavy (non-hydrogen) atoms. The summed E-state index contributed by atoms with van der Waals surface area (Å²) in [5, 5.41) is 16.7. The van der Waals surface area contributed by atoms with E-state index in [1.165, 1.54) is 0 Å². The lowest BCUT2D eigenvalue weighted by Crippen LogP contribution is -2.42. The van der Waals surface area contributed by atoms with E-state index in [0.29, 0.717) is 0 Å². The molecule has 1 rings (SSSR count). The first kappa shape index (κ1) is 12.7. The molecule has 1 unspecified atom stereocenters. The number of nitriles is 1. The standard InChI is InChI=1S/C12H20N4/c1-4-7-14-12(3,10-13)6-9-16-11(2)5-8-15-16/h5,8,14H,4,6-7,9H2,1-3H3. The molecule has 4 nitrogen and oxygen atoms in total. The molecule has 0 aliphatic carbocycles. The first-order chi connectivity index (χ1) is 7.61. The molecule has 0 aromatic carbocycles. The van der Waals surface area contributed by atoms with Gasteiger partial charge >= 0.3 is 0 Å². The molecular formula is C12H20N4. The van der Waals surface area contributed by atoms with E-state index >= 15 is 0 Å². The normalized spacial score (nSPS) is 14.4. The molecule has 0 bridgehead atoms. The summed E-state index contributed by atoms with van der Waals surface area (Å²) in [6.45, 7) is 7.72. The van der Waals surface area contributed by atoms with Crippen molar-refractivity contribution in [3.05, 3.63) is 18.0 Å². The highest BCUT2D eigenvalue weighted by molar-refractivity contribution is 5.04. The van der Waals surface area contributed by atoms with Crippen molar-refractivity contribution in [2.75, 3.05) is 6.54 Å². The maximum absolute atomic E-state index is 9.17. The van der Waals surface area contributed by atoms with Crippen molar-refractivity contribution in [2.45, 2.75) is 45.7 Å². The maximum atomic E-state index is 9.17. The Kier molecular flexibility index (Phi) is 4.51. The highest BCUT2D eigenvalue weighted by Gasteiger charge is 2.22. The fourth-order valence-electron chi connectivity index (χ4n) is 1.55. The van der Waals surface area contributed by atoms with Crippen LogP contribution < -0.4 is 5.32 Å². The summed E-state index contributed by atoms with van der Waals surface area (Å²) in [6, 6.07) is 4.32. The molecule has 88 valence electrons. The number of nitrogens with one attached hydrogen (secondary N) is 1. The average molecular weight is 220 g/mol. The summed E-state index contributed by atoms with van der Waals surface area (Å²) in [5.41, 5.74) is 0.685. The highest BCUT2D eigenvalue weighted by atomic mass is 15.3. The van der Waals surface area contributed by atoms with Crippen LogP contribution in [0, 0.1) is 18.3 Å². The minimum Gasteiger partial charge on any atom is -0.300 e. The third kappa shape index (κ3) is 3.35. The first-order valence-electron chi connectivity index (χ1n) is 5.76. The molecule has 0 radical (unpaired) electrons. The van der Waals surface area contributed by atoms with Gasteiger partial charge in [-0.15, -0.1) is 0 Å². The van der Waals surface area contributed by atoms with Gasteiger partial charge in [0, 0.05) is 18.4 Å². The third-order valence-electron chi connectivity index (χ3n) is 2.76. The maximum Gasteiger partial charge on any atom is 0.105 e. The van der Waals surface area contributed by atoms with Crippen molar-refractivity contribution in [3.63, 3.8) is 0 Å². The van der Waals surface area contributed by atoms with Gasteiger partial charge in [0.15, 0.2) is 0 Å². The van der Waals surface area contributed by atoms with Crippen LogP contribution in [0.15, 0.2) is 12.3 Å². The van der Waals surface area contributed by atoms with E-state index in [2.05, 4.69) is 23.4 Å². The summed E-state index contributed by atoms with van der Waals surface area (Å²) in [5.74, 6) is 0. The zero-order valence-corrected chi connectivity index (χ0v) is 10.3. The van der Waals surface area contributed by atoms with Crippen molar-refractivity contribution in [1.29, 1.82) is 5.26 Å². The van der Waals surface area contributed by atoms with Gasteiger partial charge in [0.2, 0.25) is 0 Å². The SMILES string of the molecule is CCCNC(C)(C#N)CCn1nccc1C. The fourth-order valence-corrected chi connectivity index (χ4v) is 1.55. The predicted octanol–water partition coefficient (Wildman–Crippen LogP) is 1.86. The second kappa shape index (κ2) is 5.66. The lowest BCUT2D eigenvalue weighted by molar-refractivity contribution is 0.380. The Morgan fingerprint density at radius 2 is 2.38 bits per heavy atom. The summed E-state index contributed by atoms with van der Waals surface area (Å²) < 4.78 is 1.93. The summed E-state index contributed by atoms with van der Waals surface area (Å²) >= 11 is 0. The van der Waals surface area contributed by atoms with Crippen LogP contribution in [0.3, 0.4) is 0 Å². The Hall–Kier alpha value is -1.34. The zero-order chi connectivity index (χ0) is 12.0. The van der Waals surface area contributed by atoms with E-state index in [9.17, 15) is 0 Å². The van der Waals surface area contributed by atoms with Crippen LogP contribution in [0.1, 0.15) is 32.4 Å². The number of aryl methyl sites for hydroxylation is 2. The minimum atomic E-state index is -0.450. The molecule has 0 saturated carbocycles. The molecule has 0 spiro atoms. The van der Waals surface area contributed by atoms with Crippen LogP contribution in [0.4, 0.5) is 0 Å². The summed E-state index contributed by atoms with van der Waals surface area (Å²) in [6.07, 6.45) is 3.60. The monoisotopic (exact) mass is 220 g/mol. The lowest BCUT2D eigenvalue weighted by atomic mass is 10.00. The Balaban J connectivity index is 2.52. The lowest BCUT2D eigenvalue weighted by Gasteiger charge is -2.23. The highest BCUT2D eigenvalue weighted by Crippen LogP contribution is 2.10. The van der Waals surface area contributed by atoms with Crippen molar-refractivity contribution in [1.82, 2.24) is 15.1 Å². The van der Waals surface area contributed by atoms with Gasteiger partial charge in [0.05, 0.1) is 6.07 Å². The molecule has 1 N–H and O–H groups in total. The number of rotatable bonds is 6. The zero-order valence-electron chi connectivity index (χ0n) is 10.3. The van der Waals surface area contributed by atoms with Gasteiger partial charge in [-0.3, -0.25) is 10.00 Å². The molecular weight excluding hydrogens is 200 g/mol. The first-order valence-corrected chi connectivity index (χ1v) is 5.76. The Bertz CT molecular complexity index is 363. The van der Waals surface area contributed by atoms with Crippen LogP contribution >= 0.6 is 0 Å². The third-order valence-corrected chi connectivity index (χ3v) is 2.76. The predicted molar refractivity (Wildman–Crippen MR) is 63.9 cm³/mol. The summed E-state index contributed by atoms with van der Waals surface area (Å²) in [7, 11) is 0.